The van der Waals surface area contributed by atoms with Gasteiger partial charge < -0.3 is 16.0 Å². The van der Waals surface area contributed by atoms with Crippen LogP contribution >= 0.6 is 11.8 Å². The van der Waals surface area contributed by atoms with Crippen molar-refractivity contribution in [2.45, 2.75) is 17.4 Å². The molecule has 2 rings (SSSR count). The van der Waals surface area contributed by atoms with Crippen molar-refractivity contribution in [2.24, 2.45) is 5.73 Å². The van der Waals surface area contributed by atoms with Gasteiger partial charge in [0.2, 0.25) is 5.91 Å². The largest absolute Gasteiger partial charge is 0.351 e. The molecule has 3 amide bonds. The second-order valence-electron chi connectivity index (χ2n) is 4.42. The number of carbonyl (C=O) groups is 2. The molecule has 0 aliphatic carbocycles. The number of rotatable bonds is 5. The van der Waals surface area contributed by atoms with Crippen molar-refractivity contribution in [2.75, 3.05) is 18.8 Å². The summed E-state index contributed by atoms with van der Waals surface area (Å²) < 4.78 is 0. The zero-order valence-electron chi connectivity index (χ0n) is 10.5. The van der Waals surface area contributed by atoms with E-state index in [0.29, 0.717) is 19.5 Å². The molecule has 1 heterocycles. The third-order valence-electron chi connectivity index (χ3n) is 2.90. The molecule has 6 heteroatoms. The zero-order chi connectivity index (χ0) is 13.7. The van der Waals surface area contributed by atoms with Gasteiger partial charge in [0.05, 0.1) is 6.04 Å². The SMILES string of the molecule is NC(=O)N1CC(NC(=O)CCSc2ccccc2)C1. The number of carbonyl (C=O) groups excluding carboxylic acids is 2. The van der Waals surface area contributed by atoms with Crippen LogP contribution in [0.25, 0.3) is 0 Å². The van der Waals surface area contributed by atoms with Gasteiger partial charge in [0, 0.05) is 30.2 Å². The maximum Gasteiger partial charge on any atom is 0.314 e. The normalized spacial score (nSPS) is 14.8. The highest BCUT2D eigenvalue weighted by Crippen LogP contribution is 2.17. The minimum atomic E-state index is -0.426. The van der Waals surface area contributed by atoms with Crippen LogP contribution < -0.4 is 11.1 Å². The van der Waals surface area contributed by atoms with E-state index in [-0.39, 0.29) is 11.9 Å². The second-order valence-corrected chi connectivity index (χ2v) is 5.59. The number of nitrogens with one attached hydrogen (secondary N) is 1. The fraction of sp³-hybridized carbons (Fsp3) is 0.385. The number of nitrogens with two attached hydrogens (primary N) is 1. The first-order valence-corrected chi connectivity index (χ1v) is 7.15. The molecule has 0 unspecified atom stereocenters. The molecule has 102 valence electrons. The highest BCUT2D eigenvalue weighted by atomic mass is 32.2. The number of primary amides is 1. The lowest BCUT2D eigenvalue weighted by Crippen LogP contribution is -2.62. The Morgan fingerprint density at radius 2 is 2.00 bits per heavy atom. The van der Waals surface area contributed by atoms with Crippen molar-refractivity contribution in [3.05, 3.63) is 30.3 Å². The van der Waals surface area contributed by atoms with E-state index < -0.39 is 6.03 Å². The van der Waals surface area contributed by atoms with Crippen molar-refractivity contribution in [1.29, 1.82) is 0 Å². The van der Waals surface area contributed by atoms with E-state index in [2.05, 4.69) is 5.32 Å². The molecule has 0 atom stereocenters. The molecule has 1 aromatic rings. The quantitative estimate of drug-likeness (QED) is 0.791. The number of thioether (sulfide) groups is 1. The van der Waals surface area contributed by atoms with Crippen LogP contribution in [0.15, 0.2) is 35.2 Å². The second kappa shape index (κ2) is 6.47. The summed E-state index contributed by atoms with van der Waals surface area (Å²) in [6.07, 6.45) is 0.479. The molecule has 0 spiro atoms. The number of nitrogens with zero attached hydrogens (tertiary/aromatic N) is 1. The maximum atomic E-state index is 11.7. The fourth-order valence-electron chi connectivity index (χ4n) is 1.83. The number of urea groups is 1. The molecular weight excluding hydrogens is 262 g/mol. The van der Waals surface area contributed by atoms with Gasteiger partial charge in [-0.1, -0.05) is 18.2 Å². The molecule has 0 bridgehead atoms. The Kier molecular flexibility index (Phi) is 4.68. The molecule has 0 radical (unpaired) electrons. The third kappa shape index (κ3) is 4.17. The maximum absolute atomic E-state index is 11.7. The predicted octanol–water partition coefficient (Wildman–Crippen LogP) is 1.05. The van der Waals surface area contributed by atoms with Crippen molar-refractivity contribution < 1.29 is 9.59 Å². The van der Waals surface area contributed by atoms with Gasteiger partial charge >= 0.3 is 6.03 Å². The van der Waals surface area contributed by atoms with E-state index >= 15 is 0 Å². The Morgan fingerprint density at radius 3 is 2.63 bits per heavy atom. The third-order valence-corrected chi connectivity index (χ3v) is 3.91. The van der Waals surface area contributed by atoms with Gasteiger partial charge in [0.15, 0.2) is 0 Å². The molecule has 19 heavy (non-hydrogen) atoms. The van der Waals surface area contributed by atoms with E-state index in [0.717, 1.165) is 5.75 Å². The highest BCUT2D eigenvalue weighted by Gasteiger charge is 2.29. The molecule has 0 saturated carbocycles. The summed E-state index contributed by atoms with van der Waals surface area (Å²) >= 11 is 1.66. The summed E-state index contributed by atoms with van der Waals surface area (Å²) in [6.45, 7) is 1.04. The Hall–Kier alpha value is -1.69. The summed E-state index contributed by atoms with van der Waals surface area (Å²) in [5.74, 6) is 0.778. The summed E-state index contributed by atoms with van der Waals surface area (Å²) in [5, 5.41) is 2.89. The summed E-state index contributed by atoms with van der Waals surface area (Å²) in [5.41, 5.74) is 5.11. The van der Waals surface area contributed by atoms with Crippen molar-refractivity contribution in [1.82, 2.24) is 10.2 Å². The van der Waals surface area contributed by atoms with Gasteiger partial charge in [-0.2, -0.15) is 0 Å². The van der Waals surface area contributed by atoms with E-state index in [1.807, 2.05) is 30.3 Å². The van der Waals surface area contributed by atoms with Gasteiger partial charge in [0.25, 0.3) is 0 Å². The number of benzene rings is 1. The first kappa shape index (κ1) is 13.7. The van der Waals surface area contributed by atoms with Crippen LogP contribution in [-0.4, -0.2) is 41.7 Å². The Morgan fingerprint density at radius 1 is 1.32 bits per heavy atom. The van der Waals surface area contributed by atoms with Crippen LogP contribution in [0, 0.1) is 0 Å². The monoisotopic (exact) mass is 279 g/mol. The van der Waals surface area contributed by atoms with Gasteiger partial charge in [-0.15, -0.1) is 11.8 Å². The molecule has 3 N–H and O–H groups in total. The van der Waals surface area contributed by atoms with Crippen LogP contribution in [0.5, 0.6) is 0 Å². The van der Waals surface area contributed by atoms with E-state index in [4.69, 9.17) is 5.73 Å². The highest BCUT2D eigenvalue weighted by molar-refractivity contribution is 7.99. The lowest BCUT2D eigenvalue weighted by Gasteiger charge is -2.38. The van der Waals surface area contributed by atoms with Crippen LogP contribution in [0.2, 0.25) is 0 Å². The van der Waals surface area contributed by atoms with E-state index in [1.54, 1.807) is 11.8 Å². The number of hydrogen-bond donors (Lipinski definition) is 2. The van der Waals surface area contributed by atoms with Crippen molar-refractivity contribution >= 4 is 23.7 Å². The van der Waals surface area contributed by atoms with Gasteiger partial charge in [-0.05, 0) is 12.1 Å². The summed E-state index contributed by atoms with van der Waals surface area (Å²) in [6, 6.07) is 9.62. The van der Waals surface area contributed by atoms with Crippen LogP contribution in [0.1, 0.15) is 6.42 Å². The standard InChI is InChI=1S/C13H17N3O2S/c14-13(18)16-8-10(9-16)15-12(17)6-7-19-11-4-2-1-3-5-11/h1-5,10H,6-9H2,(H2,14,18)(H,15,17). The van der Waals surface area contributed by atoms with Crippen LogP contribution in [0.3, 0.4) is 0 Å². The molecule has 1 fully saturated rings. The first-order valence-electron chi connectivity index (χ1n) is 6.17. The minimum absolute atomic E-state index is 0.0255. The molecule has 1 aliphatic rings. The smallest absolute Gasteiger partial charge is 0.314 e. The van der Waals surface area contributed by atoms with Gasteiger partial charge in [-0.25, -0.2) is 4.79 Å². The minimum Gasteiger partial charge on any atom is -0.351 e. The molecule has 1 aromatic carbocycles. The fourth-order valence-corrected chi connectivity index (χ4v) is 2.70. The van der Waals surface area contributed by atoms with Gasteiger partial charge in [0.1, 0.15) is 0 Å². The lowest BCUT2D eigenvalue weighted by atomic mass is 10.1. The average molecular weight is 279 g/mol. The predicted molar refractivity (Wildman–Crippen MR) is 74.9 cm³/mol. The number of amides is 3. The van der Waals surface area contributed by atoms with Gasteiger partial charge in [-0.3, -0.25) is 4.79 Å². The van der Waals surface area contributed by atoms with E-state index in [1.165, 1.54) is 9.80 Å². The summed E-state index contributed by atoms with van der Waals surface area (Å²) in [4.78, 5) is 25.1. The Balaban J connectivity index is 1.60. The van der Waals surface area contributed by atoms with Crippen molar-refractivity contribution in [3.63, 3.8) is 0 Å². The topological polar surface area (TPSA) is 75.4 Å². The molecule has 1 aliphatic heterocycles. The van der Waals surface area contributed by atoms with Crippen molar-refractivity contribution in [3.8, 4) is 0 Å². The Bertz CT molecular complexity index is 446. The lowest BCUT2D eigenvalue weighted by molar-refractivity contribution is -0.122. The van der Waals surface area contributed by atoms with E-state index in [9.17, 15) is 9.59 Å². The zero-order valence-corrected chi connectivity index (χ0v) is 11.4. The molecule has 1 saturated heterocycles. The van der Waals surface area contributed by atoms with Crippen LogP contribution in [-0.2, 0) is 4.79 Å². The molecule has 0 aromatic heterocycles. The molecule has 5 nitrogen and oxygen atoms in total. The summed E-state index contributed by atoms with van der Waals surface area (Å²) in [7, 11) is 0. The molecular formula is C13H17N3O2S. The number of hydrogen-bond acceptors (Lipinski definition) is 3. The average Bonchev–Trinajstić information content (AvgIpc) is 2.34. The Labute approximate surface area is 116 Å². The number of likely N-dealkylation sites (tertiary alicyclic amines) is 1. The first-order chi connectivity index (χ1) is 9.15. The van der Waals surface area contributed by atoms with Crippen LogP contribution in [0.4, 0.5) is 4.79 Å².